The third-order valence-electron chi connectivity index (χ3n) is 5.16. The zero-order chi connectivity index (χ0) is 18.0. The van der Waals surface area contributed by atoms with Crippen LogP contribution in [0, 0.1) is 0 Å². The summed E-state index contributed by atoms with van der Waals surface area (Å²) in [5.41, 5.74) is 2.75. The number of carbonyl (C=O) groups excluding carboxylic acids is 1. The number of hydrogen-bond donors (Lipinski definition) is 2. The van der Waals surface area contributed by atoms with E-state index in [1.807, 2.05) is 6.07 Å². The lowest BCUT2D eigenvalue weighted by Crippen LogP contribution is -3.13. The van der Waals surface area contributed by atoms with Crippen LogP contribution >= 0.6 is 0 Å². The molecular formula is C22H31N3O+2. The van der Waals surface area contributed by atoms with E-state index < -0.39 is 0 Å². The van der Waals surface area contributed by atoms with Crippen LogP contribution in [-0.2, 0) is 17.8 Å². The molecule has 0 spiro atoms. The van der Waals surface area contributed by atoms with Crippen LogP contribution in [0.25, 0.3) is 0 Å². The predicted octanol–water partition coefficient (Wildman–Crippen LogP) is 0.110. The summed E-state index contributed by atoms with van der Waals surface area (Å²) in [5, 5.41) is 2.27. The zero-order valence-electron chi connectivity index (χ0n) is 15.6. The van der Waals surface area contributed by atoms with E-state index in [2.05, 4.69) is 64.8 Å². The van der Waals surface area contributed by atoms with Crippen molar-refractivity contribution in [1.29, 1.82) is 0 Å². The zero-order valence-corrected chi connectivity index (χ0v) is 15.6. The van der Waals surface area contributed by atoms with Gasteiger partial charge in [0.25, 0.3) is 0 Å². The van der Waals surface area contributed by atoms with Gasteiger partial charge in [-0.3, -0.25) is 4.79 Å². The molecule has 0 aliphatic carbocycles. The number of hydrogen-bond acceptors (Lipinski definition) is 1. The van der Waals surface area contributed by atoms with Gasteiger partial charge < -0.3 is 15.1 Å². The summed E-state index contributed by atoms with van der Waals surface area (Å²) in [7, 11) is 0. The van der Waals surface area contributed by atoms with Gasteiger partial charge in [-0.2, -0.15) is 0 Å². The normalized spacial score (nSPS) is 15.2. The Hall–Kier alpha value is -2.17. The first-order chi connectivity index (χ1) is 12.8. The fourth-order valence-corrected chi connectivity index (χ4v) is 3.58. The minimum absolute atomic E-state index is 0.319. The van der Waals surface area contributed by atoms with Gasteiger partial charge in [-0.25, -0.2) is 0 Å². The number of rotatable bonds is 8. The van der Waals surface area contributed by atoms with E-state index >= 15 is 0 Å². The topological polar surface area (TPSA) is 41.4 Å². The molecule has 1 aliphatic heterocycles. The lowest BCUT2D eigenvalue weighted by atomic mass is 10.1. The third kappa shape index (κ3) is 5.97. The quantitative estimate of drug-likeness (QED) is 0.650. The van der Waals surface area contributed by atoms with Crippen molar-refractivity contribution in [3.8, 4) is 0 Å². The molecule has 3 N–H and O–H groups in total. The second-order valence-electron chi connectivity index (χ2n) is 7.14. The second kappa shape index (κ2) is 10.1. The molecule has 0 saturated carbocycles. The lowest BCUT2D eigenvalue weighted by molar-refractivity contribution is -0.917. The van der Waals surface area contributed by atoms with Gasteiger partial charge >= 0.3 is 0 Å². The van der Waals surface area contributed by atoms with E-state index in [-0.39, 0.29) is 0 Å². The Morgan fingerprint density at radius 2 is 1.50 bits per heavy atom. The van der Waals surface area contributed by atoms with Gasteiger partial charge in [0, 0.05) is 12.0 Å². The van der Waals surface area contributed by atoms with E-state index in [1.165, 1.54) is 11.1 Å². The Balaban J connectivity index is 1.29. The highest BCUT2D eigenvalue weighted by Gasteiger charge is 2.23. The maximum Gasteiger partial charge on any atom is 0.228 e. The molecule has 1 amide bonds. The molecule has 1 aliphatic rings. The minimum Gasteiger partial charge on any atom is -0.346 e. The summed E-state index contributed by atoms with van der Waals surface area (Å²) in [6.07, 6.45) is 1.72. The van der Waals surface area contributed by atoms with Gasteiger partial charge in [-0.1, -0.05) is 60.7 Å². The predicted molar refractivity (Wildman–Crippen MR) is 104 cm³/mol. The van der Waals surface area contributed by atoms with Crippen molar-refractivity contribution >= 4 is 5.91 Å². The van der Waals surface area contributed by atoms with Crippen molar-refractivity contribution in [2.24, 2.45) is 0 Å². The number of benzene rings is 2. The fourth-order valence-electron chi connectivity index (χ4n) is 3.58. The van der Waals surface area contributed by atoms with Crippen molar-refractivity contribution in [1.82, 2.24) is 4.90 Å². The molecule has 0 radical (unpaired) electrons. The molecule has 1 fully saturated rings. The maximum atomic E-state index is 12.4. The molecule has 0 atom stereocenters. The summed E-state index contributed by atoms with van der Waals surface area (Å²) in [4.78, 5) is 16.0. The highest BCUT2D eigenvalue weighted by Crippen LogP contribution is 1.99. The lowest BCUT2D eigenvalue weighted by Gasteiger charge is -2.32. The highest BCUT2D eigenvalue weighted by molar-refractivity contribution is 5.76. The largest absolute Gasteiger partial charge is 0.346 e. The van der Waals surface area contributed by atoms with Gasteiger partial charge in [0.2, 0.25) is 5.91 Å². The molecule has 0 unspecified atom stereocenters. The summed E-state index contributed by atoms with van der Waals surface area (Å²) in [6.45, 7) is 6.90. The minimum atomic E-state index is 0.319. The first-order valence-corrected chi connectivity index (χ1v) is 9.82. The molecule has 4 heteroatoms. The molecule has 4 nitrogen and oxygen atoms in total. The molecule has 1 heterocycles. The average Bonchev–Trinajstić information content (AvgIpc) is 2.70. The summed E-state index contributed by atoms with van der Waals surface area (Å²) in [5.74, 6) is 0.319. The van der Waals surface area contributed by atoms with Gasteiger partial charge in [0.15, 0.2) is 0 Å². The van der Waals surface area contributed by atoms with Crippen molar-refractivity contribution in [2.75, 3.05) is 39.3 Å². The maximum absolute atomic E-state index is 12.4. The van der Waals surface area contributed by atoms with Crippen LogP contribution in [0.4, 0.5) is 0 Å². The summed E-state index contributed by atoms with van der Waals surface area (Å²) in [6, 6.07) is 21.2. The Kier molecular flexibility index (Phi) is 7.23. The van der Waals surface area contributed by atoms with Crippen LogP contribution in [0.3, 0.4) is 0 Å². The Morgan fingerprint density at radius 3 is 2.15 bits per heavy atom. The molecule has 3 rings (SSSR count). The van der Waals surface area contributed by atoms with Crippen LogP contribution in [0.1, 0.15) is 17.5 Å². The van der Waals surface area contributed by atoms with Gasteiger partial charge in [0.05, 0.1) is 45.7 Å². The molecule has 138 valence electrons. The number of carbonyl (C=O) groups is 1. The number of amides is 1. The Bertz CT molecular complexity index is 652. The number of nitrogens with zero attached hydrogens (tertiary/aromatic N) is 1. The van der Waals surface area contributed by atoms with Crippen LogP contribution < -0.4 is 10.2 Å². The van der Waals surface area contributed by atoms with Gasteiger partial charge in [-0.15, -0.1) is 0 Å². The van der Waals surface area contributed by atoms with E-state index in [0.717, 1.165) is 52.2 Å². The standard InChI is InChI=1S/C22H29N3O/c26-22(12-14-23-13-11-20-7-3-1-4-8-20)25-17-15-24(16-18-25)19-21-9-5-2-6-10-21/h1-10,23H,11-19H2/p+2. The molecule has 2 aromatic rings. The van der Waals surface area contributed by atoms with Crippen molar-refractivity contribution < 1.29 is 15.0 Å². The molecular weight excluding hydrogens is 322 g/mol. The fraction of sp³-hybridized carbons (Fsp3) is 0.409. The molecule has 1 saturated heterocycles. The highest BCUT2D eigenvalue weighted by atomic mass is 16.2. The molecule has 0 aromatic heterocycles. The van der Waals surface area contributed by atoms with Crippen LogP contribution in [-0.4, -0.2) is 50.1 Å². The third-order valence-corrected chi connectivity index (χ3v) is 5.16. The smallest absolute Gasteiger partial charge is 0.228 e. The Morgan fingerprint density at radius 1 is 0.885 bits per heavy atom. The summed E-state index contributed by atoms with van der Waals surface area (Å²) >= 11 is 0. The van der Waals surface area contributed by atoms with Gasteiger partial charge in [-0.05, 0) is 5.56 Å². The average molecular weight is 354 g/mol. The number of nitrogens with two attached hydrogens (primary N) is 1. The monoisotopic (exact) mass is 353 g/mol. The summed E-state index contributed by atoms with van der Waals surface area (Å²) < 4.78 is 0. The van der Waals surface area contributed by atoms with E-state index in [0.29, 0.717) is 12.3 Å². The van der Waals surface area contributed by atoms with Crippen LogP contribution in [0.2, 0.25) is 0 Å². The SMILES string of the molecule is O=C(CC[NH2+]CCc1ccccc1)N1CC[NH+](Cc2ccccc2)CC1. The first-order valence-electron chi connectivity index (χ1n) is 9.82. The molecule has 26 heavy (non-hydrogen) atoms. The van der Waals surface area contributed by atoms with E-state index in [4.69, 9.17) is 0 Å². The van der Waals surface area contributed by atoms with Crippen LogP contribution in [0.15, 0.2) is 60.7 Å². The van der Waals surface area contributed by atoms with Crippen LogP contribution in [0.5, 0.6) is 0 Å². The van der Waals surface area contributed by atoms with Crippen molar-refractivity contribution in [2.45, 2.75) is 19.4 Å². The number of nitrogens with one attached hydrogen (secondary N) is 1. The number of quaternary nitrogens is 2. The van der Waals surface area contributed by atoms with E-state index in [1.54, 1.807) is 4.90 Å². The first kappa shape index (κ1) is 18.6. The molecule has 2 aromatic carbocycles. The van der Waals surface area contributed by atoms with Crippen molar-refractivity contribution in [3.63, 3.8) is 0 Å². The van der Waals surface area contributed by atoms with Gasteiger partial charge in [0.1, 0.15) is 6.54 Å². The number of piperazine rings is 1. The second-order valence-corrected chi connectivity index (χ2v) is 7.14. The van der Waals surface area contributed by atoms with E-state index in [9.17, 15) is 4.79 Å². The van der Waals surface area contributed by atoms with Crippen molar-refractivity contribution in [3.05, 3.63) is 71.8 Å². The Labute approximate surface area is 156 Å². The molecule has 0 bridgehead atoms.